The van der Waals surface area contributed by atoms with Crippen LogP contribution in [-0.4, -0.2) is 20.7 Å². The van der Waals surface area contributed by atoms with Crippen molar-refractivity contribution in [3.05, 3.63) is 87.7 Å². The molecule has 0 aliphatic heterocycles. The maximum atomic E-state index is 13.0. The molecule has 0 unspecified atom stereocenters. The highest BCUT2D eigenvalue weighted by atomic mass is 19.4. The lowest BCUT2D eigenvalue weighted by Gasteiger charge is -2.13. The summed E-state index contributed by atoms with van der Waals surface area (Å²) in [4.78, 5) is 28.8. The van der Waals surface area contributed by atoms with Crippen LogP contribution in [0, 0.1) is 6.92 Å². The zero-order valence-electron chi connectivity index (χ0n) is 16.0. The van der Waals surface area contributed by atoms with Gasteiger partial charge in [-0.25, -0.2) is 14.5 Å². The first-order chi connectivity index (χ1) is 14.7. The van der Waals surface area contributed by atoms with Crippen molar-refractivity contribution in [1.29, 1.82) is 0 Å². The van der Waals surface area contributed by atoms with Crippen LogP contribution in [0.15, 0.2) is 63.8 Å². The Balaban J connectivity index is 1.61. The Bertz CT molecular complexity index is 1310. The molecule has 0 atom stereocenters. The lowest BCUT2D eigenvalue weighted by atomic mass is 10.2. The maximum Gasteiger partial charge on any atom is 0.416 e. The highest BCUT2D eigenvalue weighted by Gasteiger charge is 2.30. The van der Waals surface area contributed by atoms with E-state index in [1.54, 1.807) is 24.3 Å². The number of fused-ring (bicyclic) bond motifs is 1. The second kappa shape index (κ2) is 7.71. The van der Waals surface area contributed by atoms with Crippen LogP contribution in [0.2, 0.25) is 0 Å². The van der Waals surface area contributed by atoms with E-state index in [9.17, 15) is 22.8 Å². The van der Waals surface area contributed by atoms with Gasteiger partial charge in [0.05, 0.1) is 11.3 Å². The van der Waals surface area contributed by atoms with Crippen molar-refractivity contribution >= 4 is 17.1 Å². The molecule has 10 heteroatoms. The second-order valence-corrected chi connectivity index (χ2v) is 6.61. The van der Waals surface area contributed by atoms with Crippen LogP contribution in [0.4, 0.5) is 13.2 Å². The van der Waals surface area contributed by atoms with Crippen molar-refractivity contribution in [2.75, 3.05) is 0 Å². The molecule has 31 heavy (non-hydrogen) atoms. The number of alkyl halides is 3. The summed E-state index contributed by atoms with van der Waals surface area (Å²) in [5.74, 6) is -0.923. The largest absolute Gasteiger partial charge is 0.451 e. The fraction of sp³-hybridized carbons (Fsp3) is 0.143. The predicted octanol–water partition coefficient (Wildman–Crippen LogP) is 4.06. The molecule has 7 nitrogen and oxygen atoms in total. The van der Waals surface area contributed by atoms with Gasteiger partial charge in [0.2, 0.25) is 17.0 Å². The van der Waals surface area contributed by atoms with E-state index in [0.29, 0.717) is 11.1 Å². The SMILES string of the molecule is Cc1cc(=O)c(C(=O)OCc2nc3ccccc3o2)nn1-c1cccc(C(F)(F)F)c1. The number of aromatic nitrogens is 3. The van der Waals surface area contributed by atoms with E-state index in [0.717, 1.165) is 22.9 Å². The summed E-state index contributed by atoms with van der Waals surface area (Å²) in [6.07, 6.45) is -4.55. The molecule has 4 rings (SSSR count). The summed E-state index contributed by atoms with van der Waals surface area (Å²) in [6.45, 7) is 1.15. The number of carbonyl (C=O) groups excluding carboxylic acids is 1. The van der Waals surface area contributed by atoms with Crippen molar-refractivity contribution in [2.24, 2.45) is 0 Å². The Morgan fingerprint density at radius 2 is 1.90 bits per heavy atom. The molecule has 2 heterocycles. The summed E-state index contributed by atoms with van der Waals surface area (Å²) >= 11 is 0. The van der Waals surface area contributed by atoms with Gasteiger partial charge in [-0.15, -0.1) is 0 Å². The summed E-state index contributed by atoms with van der Waals surface area (Å²) in [6, 6.07) is 12.4. The normalized spacial score (nSPS) is 11.6. The number of para-hydroxylation sites is 2. The van der Waals surface area contributed by atoms with Gasteiger partial charge >= 0.3 is 12.1 Å². The van der Waals surface area contributed by atoms with Crippen molar-refractivity contribution in [3.63, 3.8) is 0 Å². The lowest BCUT2D eigenvalue weighted by molar-refractivity contribution is -0.137. The molecule has 2 aromatic heterocycles. The quantitative estimate of drug-likeness (QED) is 0.455. The first-order valence-electron chi connectivity index (χ1n) is 9.02. The Kier molecular flexibility index (Phi) is 5.05. The van der Waals surface area contributed by atoms with Crippen LogP contribution in [0.3, 0.4) is 0 Å². The Morgan fingerprint density at radius 1 is 1.13 bits per heavy atom. The molecule has 0 saturated carbocycles. The molecule has 0 saturated heterocycles. The van der Waals surface area contributed by atoms with Crippen LogP contribution < -0.4 is 5.43 Å². The standard InChI is InChI=1S/C21H14F3N3O4/c1-12-9-16(28)19(26-27(12)14-6-4-5-13(10-14)21(22,23)24)20(29)30-11-18-25-15-7-2-3-8-17(15)31-18/h2-10H,11H2,1H3. The monoisotopic (exact) mass is 429 g/mol. The highest BCUT2D eigenvalue weighted by Crippen LogP contribution is 2.30. The number of hydrogen-bond donors (Lipinski definition) is 0. The number of aryl methyl sites for hydroxylation is 1. The number of carbonyl (C=O) groups is 1. The van der Waals surface area contributed by atoms with Gasteiger partial charge in [0.25, 0.3) is 0 Å². The second-order valence-electron chi connectivity index (χ2n) is 6.61. The number of esters is 1. The first-order valence-corrected chi connectivity index (χ1v) is 9.02. The number of nitrogens with zero attached hydrogens (tertiary/aromatic N) is 3. The van der Waals surface area contributed by atoms with Crippen molar-refractivity contribution in [2.45, 2.75) is 19.7 Å². The average molecular weight is 429 g/mol. The van der Waals surface area contributed by atoms with Gasteiger partial charge < -0.3 is 9.15 Å². The van der Waals surface area contributed by atoms with E-state index in [2.05, 4.69) is 10.1 Å². The van der Waals surface area contributed by atoms with Gasteiger partial charge in [-0.1, -0.05) is 18.2 Å². The van der Waals surface area contributed by atoms with Crippen LogP contribution in [0.1, 0.15) is 27.6 Å². The average Bonchev–Trinajstić information content (AvgIpc) is 3.14. The fourth-order valence-corrected chi connectivity index (χ4v) is 2.94. The van der Waals surface area contributed by atoms with Crippen molar-refractivity contribution in [1.82, 2.24) is 14.8 Å². The molecule has 2 aromatic carbocycles. The third-order valence-corrected chi connectivity index (χ3v) is 4.38. The molecule has 0 bridgehead atoms. The van der Waals surface area contributed by atoms with E-state index in [1.807, 2.05) is 0 Å². The van der Waals surface area contributed by atoms with Crippen LogP contribution in [0.5, 0.6) is 0 Å². The molecule has 0 aliphatic carbocycles. The van der Waals surface area contributed by atoms with Gasteiger partial charge in [0.1, 0.15) is 5.52 Å². The fourth-order valence-electron chi connectivity index (χ4n) is 2.94. The van der Waals surface area contributed by atoms with Gasteiger partial charge in [-0.2, -0.15) is 18.3 Å². The van der Waals surface area contributed by atoms with E-state index in [4.69, 9.17) is 9.15 Å². The van der Waals surface area contributed by atoms with E-state index >= 15 is 0 Å². The van der Waals surface area contributed by atoms with E-state index < -0.39 is 28.8 Å². The third kappa shape index (κ3) is 4.18. The third-order valence-electron chi connectivity index (χ3n) is 4.38. The minimum Gasteiger partial charge on any atom is -0.451 e. The Labute approximate surface area is 172 Å². The summed E-state index contributed by atoms with van der Waals surface area (Å²) in [5, 5.41) is 3.93. The summed E-state index contributed by atoms with van der Waals surface area (Å²) < 4.78 is 50.7. The molecule has 0 fully saturated rings. The molecule has 0 aliphatic rings. The maximum absolute atomic E-state index is 13.0. The van der Waals surface area contributed by atoms with E-state index in [-0.39, 0.29) is 23.9 Å². The van der Waals surface area contributed by atoms with Gasteiger partial charge in [-0.05, 0) is 37.3 Å². The predicted molar refractivity (Wildman–Crippen MR) is 103 cm³/mol. The number of ether oxygens (including phenoxy) is 1. The molecule has 158 valence electrons. The Hall–Kier alpha value is -3.95. The van der Waals surface area contributed by atoms with Crippen LogP contribution in [-0.2, 0) is 17.5 Å². The summed E-state index contributed by atoms with van der Waals surface area (Å²) in [5.41, 5.74) is -0.796. The minimum atomic E-state index is -4.55. The van der Waals surface area contributed by atoms with Crippen molar-refractivity contribution < 1.29 is 27.1 Å². The van der Waals surface area contributed by atoms with Gasteiger partial charge in [0.15, 0.2) is 12.2 Å². The van der Waals surface area contributed by atoms with Crippen molar-refractivity contribution in [3.8, 4) is 5.69 Å². The zero-order chi connectivity index (χ0) is 22.2. The van der Waals surface area contributed by atoms with Gasteiger partial charge in [0, 0.05) is 11.8 Å². The molecule has 0 spiro atoms. The number of hydrogen-bond acceptors (Lipinski definition) is 6. The smallest absolute Gasteiger partial charge is 0.416 e. The molecular formula is C21H14F3N3O4. The lowest BCUT2D eigenvalue weighted by Crippen LogP contribution is -2.24. The Morgan fingerprint density at radius 3 is 2.65 bits per heavy atom. The van der Waals surface area contributed by atoms with E-state index in [1.165, 1.54) is 19.1 Å². The minimum absolute atomic E-state index is 0.0420. The number of rotatable bonds is 4. The molecular weight excluding hydrogens is 415 g/mol. The topological polar surface area (TPSA) is 87.2 Å². The number of halogens is 3. The number of benzene rings is 2. The van der Waals surface area contributed by atoms with Gasteiger partial charge in [-0.3, -0.25) is 4.79 Å². The van der Waals surface area contributed by atoms with Crippen LogP contribution in [0.25, 0.3) is 16.8 Å². The summed E-state index contributed by atoms with van der Waals surface area (Å²) in [7, 11) is 0. The van der Waals surface area contributed by atoms with Crippen LogP contribution >= 0.6 is 0 Å². The molecule has 0 N–H and O–H groups in total. The molecule has 0 amide bonds. The zero-order valence-corrected chi connectivity index (χ0v) is 16.0. The molecule has 0 radical (unpaired) electrons. The molecule has 4 aromatic rings. The highest BCUT2D eigenvalue weighted by molar-refractivity contribution is 5.87. The first kappa shape index (κ1) is 20.3. The number of oxazole rings is 1.